The number of ether oxygens (including phenoxy) is 1. The molecule has 4 N–H and O–H groups in total. The van der Waals surface area contributed by atoms with Gasteiger partial charge < -0.3 is 25.8 Å². The lowest BCUT2D eigenvalue weighted by atomic mass is 9.80. The number of rotatable bonds is 6. The lowest BCUT2D eigenvalue weighted by Gasteiger charge is -2.40. The second kappa shape index (κ2) is 9.59. The zero-order chi connectivity index (χ0) is 17.5. The van der Waals surface area contributed by atoms with Gasteiger partial charge in [-0.05, 0) is 50.4 Å². The van der Waals surface area contributed by atoms with E-state index >= 15 is 0 Å². The maximum absolute atomic E-state index is 12.3. The van der Waals surface area contributed by atoms with Crippen molar-refractivity contribution >= 4 is 6.03 Å². The number of hydrogen-bond acceptors (Lipinski definition) is 4. The number of amides is 2. The number of carbonyl (C=O) groups is 1. The van der Waals surface area contributed by atoms with Gasteiger partial charge in [-0.15, -0.1) is 0 Å². The summed E-state index contributed by atoms with van der Waals surface area (Å²) in [6.07, 6.45) is 6.85. The molecule has 0 radical (unpaired) electrons. The number of nitrogens with one attached hydrogen (secondary N) is 1. The van der Waals surface area contributed by atoms with Crippen molar-refractivity contribution in [3.05, 3.63) is 0 Å². The molecule has 140 valence electrons. The molecule has 2 atom stereocenters. The second-order valence-corrected chi connectivity index (χ2v) is 7.64. The van der Waals surface area contributed by atoms with E-state index in [1.807, 2.05) is 0 Å². The highest BCUT2D eigenvalue weighted by Gasteiger charge is 2.33. The smallest absolute Gasteiger partial charge is 0.317 e. The molecule has 0 spiro atoms. The molecule has 1 saturated heterocycles. The Hall–Kier alpha value is -0.850. The fraction of sp³-hybridized carbons (Fsp3) is 0.944. The molecule has 2 fully saturated rings. The summed E-state index contributed by atoms with van der Waals surface area (Å²) in [5.41, 5.74) is 6.26. The van der Waals surface area contributed by atoms with Crippen LogP contribution in [0.3, 0.4) is 0 Å². The van der Waals surface area contributed by atoms with Gasteiger partial charge in [0.05, 0.1) is 25.4 Å². The van der Waals surface area contributed by atoms with E-state index in [9.17, 15) is 4.79 Å². The number of likely N-dealkylation sites (tertiary alicyclic amines) is 1. The van der Waals surface area contributed by atoms with E-state index in [0.717, 1.165) is 37.5 Å². The summed E-state index contributed by atoms with van der Waals surface area (Å²) in [5, 5.41) is 11.6. The predicted octanol–water partition coefficient (Wildman–Crippen LogP) is 1.71. The minimum atomic E-state index is -0.142. The van der Waals surface area contributed by atoms with Gasteiger partial charge in [-0.3, -0.25) is 0 Å². The lowest BCUT2D eigenvalue weighted by Crippen LogP contribution is -2.59. The van der Waals surface area contributed by atoms with Gasteiger partial charge in [-0.1, -0.05) is 13.8 Å². The summed E-state index contributed by atoms with van der Waals surface area (Å²) in [7, 11) is 0. The first kappa shape index (κ1) is 19.5. The molecule has 0 aromatic rings. The summed E-state index contributed by atoms with van der Waals surface area (Å²) in [6.45, 7) is 6.05. The van der Waals surface area contributed by atoms with Crippen molar-refractivity contribution in [3.8, 4) is 0 Å². The highest BCUT2D eigenvalue weighted by Crippen LogP contribution is 2.31. The Labute approximate surface area is 146 Å². The molecule has 24 heavy (non-hydrogen) atoms. The number of aliphatic hydroxyl groups is 1. The Kier molecular flexibility index (Phi) is 7.78. The van der Waals surface area contributed by atoms with Crippen LogP contribution < -0.4 is 11.1 Å². The van der Waals surface area contributed by atoms with Crippen LogP contribution in [0.5, 0.6) is 0 Å². The van der Waals surface area contributed by atoms with Crippen molar-refractivity contribution in [1.82, 2.24) is 10.2 Å². The molecular weight excluding hydrogens is 306 g/mol. The van der Waals surface area contributed by atoms with Gasteiger partial charge in [0.2, 0.25) is 0 Å². The van der Waals surface area contributed by atoms with Crippen molar-refractivity contribution in [1.29, 1.82) is 0 Å². The monoisotopic (exact) mass is 341 g/mol. The fourth-order valence-corrected chi connectivity index (χ4v) is 3.97. The van der Waals surface area contributed by atoms with Gasteiger partial charge in [0.25, 0.3) is 0 Å². The van der Waals surface area contributed by atoms with Crippen LogP contribution in [0.4, 0.5) is 4.79 Å². The number of hydrogen-bond donors (Lipinski definition) is 3. The van der Waals surface area contributed by atoms with Gasteiger partial charge in [0.15, 0.2) is 0 Å². The van der Waals surface area contributed by atoms with Gasteiger partial charge in [-0.25, -0.2) is 4.79 Å². The van der Waals surface area contributed by atoms with E-state index in [1.165, 1.54) is 12.8 Å². The van der Waals surface area contributed by atoms with Gasteiger partial charge in [-0.2, -0.15) is 0 Å². The molecular formula is C18H35N3O3. The van der Waals surface area contributed by atoms with E-state index in [-0.39, 0.29) is 31.3 Å². The third kappa shape index (κ3) is 5.33. The summed E-state index contributed by atoms with van der Waals surface area (Å²) in [4.78, 5) is 14.1. The minimum Gasteiger partial charge on any atom is -0.395 e. The van der Waals surface area contributed by atoms with Crippen LogP contribution in [0.1, 0.15) is 52.4 Å². The Morgan fingerprint density at radius 2 is 2.00 bits per heavy atom. The number of nitrogens with zero attached hydrogens (tertiary/aromatic N) is 1. The Morgan fingerprint density at radius 3 is 2.62 bits per heavy atom. The maximum Gasteiger partial charge on any atom is 0.317 e. The van der Waals surface area contributed by atoms with Crippen LogP contribution in [0.15, 0.2) is 0 Å². The van der Waals surface area contributed by atoms with Crippen LogP contribution in [0.2, 0.25) is 0 Å². The molecule has 0 aromatic heterocycles. The van der Waals surface area contributed by atoms with E-state index < -0.39 is 0 Å². The van der Waals surface area contributed by atoms with E-state index in [1.54, 1.807) is 4.90 Å². The predicted molar refractivity (Wildman–Crippen MR) is 94.7 cm³/mol. The summed E-state index contributed by atoms with van der Waals surface area (Å²) < 4.78 is 6.15. The van der Waals surface area contributed by atoms with Crippen molar-refractivity contribution in [2.24, 2.45) is 17.6 Å². The van der Waals surface area contributed by atoms with Crippen molar-refractivity contribution in [3.63, 3.8) is 0 Å². The highest BCUT2D eigenvalue weighted by molar-refractivity contribution is 5.74. The molecule has 0 aromatic carbocycles. The molecule has 1 heterocycles. The number of urea groups is 1. The van der Waals surface area contributed by atoms with Gasteiger partial charge >= 0.3 is 6.03 Å². The molecule has 6 heteroatoms. The van der Waals surface area contributed by atoms with E-state index in [2.05, 4.69) is 19.2 Å². The number of piperidine rings is 1. The molecule has 1 aliphatic heterocycles. The molecule has 6 nitrogen and oxygen atoms in total. The zero-order valence-electron chi connectivity index (χ0n) is 15.2. The third-order valence-corrected chi connectivity index (χ3v) is 5.64. The van der Waals surface area contributed by atoms with Crippen molar-refractivity contribution in [2.45, 2.75) is 70.6 Å². The zero-order valence-corrected chi connectivity index (χ0v) is 15.2. The van der Waals surface area contributed by atoms with Crippen molar-refractivity contribution in [2.75, 3.05) is 26.3 Å². The molecule has 2 amide bonds. The fourth-order valence-electron chi connectivity index (χ4n) is 3.97. The quantitative estimate of drug-likeness (QED) is 0.686. The second-order valence-electron chi connectivity index (χ2n) is 7.64. The largest absolute Gasteiger partial charge is 0.395 e. The van der Waals surface area contributed by atoms with Crippen LogP contribution >= 0.6 is 0 Å². The number of aliphatic hydroxyl groups excluding tert-OH is 1. The van der Waals surface area contributed by atoms with Crippen LogP contribution in [0.25, 0.3) is 0 Å². The summed E-state index contributed by atoms with van der Waals surface area (Å²) in [5.74, 6) is 1.57. The maximum atomic E-state index is 12.3. The average Bonchev–Trinajstić information content (AvgIpc) is 2.58. The Morgan fingerprint density at radius 1 is 1.29 bits per heavy atom. The van der Waals surface area contributed by atoms with Crippen molar-refractivity contribution < 1.29 is 14.6 Å². The number of nitrogens with two attached hydrogens (primary N) is 1. The Balaban J connectivity index is 1.82. The lowest BCUT2D eigenvalue weighted by molar-refractivity contribution is -0.0228. The molecule has 0 bridgehead atoms. The molecule has 1 aliphatic carbocycles. The molecule has 2 unspecified atom stereocenters. The first-order valence-electron chi connectivity index (χ1n) is 9.55. The topological polar surface area (TPSA) is 87.8 Å². The first-order chi connectivity index (χ1) is 11.5. The van der Waals surface area contributed by atoms with E-state index in [0.29, 0.717) is 19.3 Å². The first-order valence-corrected chi connectivity index (χ1v) is 9.55. The average molecular weight is 341 g/mol. The van der Waals surface area contributed by atoms with E-state index in [4.69, 9.17) is 15.6 Å². The standard InChI is InChI=1S/C18H35N3O3/c1-13(2)14-5-7-15(8-6-14)24-12-17-16(19)4-3-10-21(17)18(23)20-9-11-22/h13-17,22H,3-12,19H2,1-2H3,(H,20,23). The Bertz CT molecular complexity index is 384. The van der Waals surface area contributed by atoms with Crippen LogP contribution in [-0.4, -0.2) is 60.5 Å². The van der Waals surface area contributed by atoms with Gasteiger partial charge in [0, 0.05) is 19.1 Å². The van der Waals surface area contributed by atoms with Crippen LogP contribution in [0, 0.1) is 11.8 Å². The molecule has 1 saturated carbocycles. The third-order valence-electron chi connectivity index (χ3n) is 5.64. The summed E-state index contributed by atoms with van der Waals surface area (Å²) in [6, 6.07) is -0.248. The van der Waals surface area contributed by atoms with Gasteiger partial charge in [0.1, 0.15) is 0 Å². The summed E-state index contributed by atoms with van der Waals surface area (Å²) >= 11 is 0. The molecule has 2 aliphatic rings. The van der Waals surface area contributed by atoms with Crippen LogP contribution in [-0.2, 0) is 4.74 Å². The normalized spacial score (nSPS) is 31.3. The number of carbonyl (C=O) groups excluding carboxylic acids is 1. The SMILES string of the molecule is CC(C)C1CCC(OCC2C(N)CCCN2C(=O)NCCO)CC1. The highest BCUT2D eigenvalue weighted by atomic mass is 16.5. The minimum absolute atomic E-state index is 0.0365. The molecule has 2 rings (SSSR count).